The predicted molar refractivity (Wildman–Crippen MR) is 93.1 cm³/mol. The molecule has 0 bridgehead atoms. The maximum absolute atomic E-state index is 13.4. The second kappa shape index (κ2) is 8.41. The predicted octanol–water partition coefficient (Wildman–Crippen LogP) is 3.60. The summed E-state index contributed by atoms with van der Waals surface area (Å²) in [7, 11) is 0. The molecule has 1 fully saturated rings. The van der Waals surface area contributed by atoms with Gasteiger partial charge in [0.1, 0.15) is 17.6 Å². The number of carbonyl (C=O) groups is 2. The fourth-order valence-electron chi connectivity index (χ4n) is 3.31. The van der Waals surface area contributed by atoms with Crippen LogP contribution in [-0.4, -0.2) is 36.3 Å². The third kappa shape index (κ3) is 4.35. The first-order valence-corrected chi connectivity index (χ1v) is 8.97. The van der Waals surface area contributed by atoms with Crippen LogP contribution >= 0.6 is 0 Å². The van der Waals surface area contributed by atoms with Gasteiger partial charge >= 0.3 is 0 Å². The Morgan fingerprint density at radius 1 is 1.20 bits per heavy atom. The van der Waals surface area contributed by atoms with Crippen LogP contribution in [0.1, 0.15) is 40.0 Å². The molecule has 138 valence electrons. The summed E-state index contributed by atoms with van der Waals surface area (Å²) in [6.07, 6.45) is 2.33. The van der Waals surface area contributed by atoms with E-state index in [0.717, 1.165) is 31.0 Å². The van der Waals surface area contributed by atoms with Gasteiger partial charge in [-0.3, -0.25) is 9.59 Å². The van der Waals surface area contributed by atoms with Gasteiger partial charge in [-0.1, -0.05) is 26.7 Å². The minimum Gasteiger partial charge on any atom is -0.342 e. The second-order valence-corrected chi connectivity index (χ2v) is 6.52. The van der Waals surface area contributed by atoms with Gasteiger partial charge < -0.3 is 9.80 Å². The zero-order valence-electron chi connectivity index (χ0n) is 15.1. The fraction of sp³-hybridized carbons (Fsp3) is 0.579. The van der Waals surface area contributed by atoms with E-state index in [9.17, 15) is 18.4 Å². The molecule has 1 aromatic rings. The molecule has 1 aliphatic heterocycles. The lowest BCUT2D eigenvalue weighted by molar-refractivity contribution is -0.140. The third-order valence-corrected chi connectivity index (χ3v) is 4.99. The highest BCUT2D eigenvalue weighted by molar-refractivity contribution is 6.09. The number of amides is 2. The molecule has 1 atom stereocenters. The van der Waals surface area contributed by atoms with Crippen molar-refractivity contribution in [2.75, 3.05) is 24.5 Å². The summed E-state index contributed by atoms with van der Waals surface area (Å²) < 4.78 is 26.8. The van der Waals surface area contributed by atoms with Crippen LogP contribution in [0.15, 0.2) is 18.2 Å². The molecule has 2 rings (SSSR count). The maximum Gasteiger partial charge on any atom is 0.239 e. The average Bonchev–Trinajstić information content (AvgIpc) is 2.96. The number of carbonyl (C=O) groups excluding carboxylic acids is 2. The molecule has 1 aliphatic rings. The number of rotatable bonds is 7. The van der Waals surface area contributed by atoms with Gasteiger partial charge in [0.25, 0.3) is 0 Å². The fourth-order valence-corrected chi connectivity index (χ4v) is 3.31. The monoisotopic (exact) mass is 352 g/mol. The summed E-state index contributed by atoms with van der Waals surface area (Å²) in [6.45, 7) is 7.56. The molecule has 0 saturated carbocycles. The van der Waals surface area contributed by atoms with Crippen molar-refractivity contribution in [3.05, 3.63) is 29.8 Å². The van der Waals surface area contributed by atoms with Crippen molar-refractivity contribution in [1.29, 1.82) is 0 Å². The van der Waals surface area contributed by atoms with E-state index in [0.29, 0.717) is 32.0 Å². The number of anilines is 1. The first kappa shape index (κ1) is 19.3. The zero-order chi connectivity index (χ0) is 18.6. The molecule has 1 heterocycles. The van der Waals surface area contributed by atoms with Crippen LogP contribution in [0.25, 0.3) is 0 Å². The summed E-state index contributed by atoms with van der Waals surface area (Å²) in [5.41, 5.74) is 0.167. The minimum absolute atomic E-state index is 0.167. The van der Waals surface area contributed by atoms with E-state index in [-0.39, 0.29) is 17.5 Å². The Bertz CT molecular complexity index is 612. The first-order valence-electron chi connectivity index (χ1n) is 8.97. The lowest BCUT2D eigenvalue weighted by Crippen LogP contribution is -2.42. The van der Waals surface area contributed by atoms with Gasteiger partial charge in [-0.25, -0.2) is 8.78 Å². The Morgan fingerprint density at radius 2 is 1.80 bits per heavy atom. The SMILES string of the molecule is CCC(CC)CN(CC)C(=O)C1CCN(c2cc(F)cc(F)c2)C1=O. The topological polar surface area (TPSA) is 40.6 Å². The number of halogens is 2. The summed E-state index contributed by atoms with van der Waals surface area (Å²) in [5, 5.41) is 0. The minimum atomic E-state index is -0.763. The van der Waals surface area contributed by atoms with Crippen molar-refractivity contribution in [3.63, 3.8) is 0 Å². The first-order chi connectivity index (χ1) is 11.9. The van der Waals surface area contributed by atoms with Crippen LogP contribution < -0.4 is 4.90 Å². The smallest absolute Gasteiger partial charge is 0.239 e. The molecule has 0 aromatic heterocycles. The summed E-state index contributed by atoms with van der Waals surface area (Å²) in [5.74, 6) is -2.38. The van der Waals surface area contributed by atoms with Crippen LogP contribution in [0.2, 0.25) is 0 Å². The summed E-state index contributed by atoms with van der Waals surface area (Å²) >= 11 is 0. The molecule has 1 aromatic carbocycles. The lowest BCUT2D eigenvalue weighted by atomic mass is 10.0. The quantitative estimate of drug-likeness (QED) is 0.704. The number of hydrogen-bond donors (Lipinski definition) is 0. The van der Waals surface area contributed by atoms with Crippen molar-refractivity contribution >= 4 is 17.5 Å². The van der Waals surface area contributed by atoms with Gasteiger partial charge in [0.15, 0.2) is 0 Å². The Labute approximate surface area is 147 Å². The molecular formula is C19H26F2N2O2. The van der Waals surface area contributed by atoms with Crippen molar-refractivity contribution < 1.29 is 18.4 Å². The molecule has 25 heavy (non-hydrogen) atoms. The zero-order valence-corrected chi connectivity index (χ0v) is 15.1. The van der Waals surface area contributed by atoms with E-state index < -0.39 is 17.6 Å². The van der Waals surface area contributed by atoms with Crippen molar-refractivity contribution in [3.8, 4) is 0 Å². The van der Waals surface area contributed by atoms with E-state index in [1.54, 1.807) is 4.90 Å². The van der Waals surface area contributed by atoms with Gasteiger partial charge in [0.2, 0.25) is 11.8 Å². The molecule has 6 heteroatoms. The Kier molecular flexibility index (Phi) is 6.51. The summed E-state index contributed by atoms with van der Waals surface area (Å²) in [4.78, 5) is 28.5. The molecule has 4 nitrogen and oxygen atoms in total. The highest BCUT2D eigenvalue weighted by atomic mass is 19.1. The largest absolute Gasteiger partial charge is 0.342 e. The van der Waals surface area contributed by atoms with Gasteiger partial charge in [-0.15, -0.1) is 0 Å². The number of benzene rings is 1. The molecule has 0 aliphatic carbocycles. The Morgan fingerprint density at radius 3 is 2.32 bits per heavy atom. The number of hydrogen-bond acceptors (Lipinski definition) is 2. The van der Waals surface area contributed by atoms with E-state index >= 15 is 0 Å². The van der Waals surface area contributed by atoms with Gasteiger partial charge in [0.05, 0.1) is 0 Å². The van der Waals surface area contributed by atoms with Gasteiger partial charge in [-0.05, 0) is 31.4 Å². The van der Waals surface area contributed by atoms with E-state index in [1.807, 2.05) is 6.92 Å². The molecule has 2 amide bonds. The normalized spacial score (nSPS) is 17.4. The highest BCUT2D eigenvalue weighted by Gasteiger charge is 2.39. The van der Waals surface area contributed by atoms with E-state index in [1.165, 1.54) is 4.90 Å². The molecule has 0 N–H and O–H groups in total. The molecule has 0 radical (unpaired) electrons. The molecule has 1 unspecified atom stereocenters. The summed E-state index contributed by atoms with van der Waals surface area (Å²) in [6, 6.07) is 3.01. The van der Waals surface area contributed by atoms with Crippen molar-refractivity contribution in [2.24, 2.45) is 11.8 Å². The molecular weight excluding hydrogens is 326 g/mol. The van der Waals surface area contributed by atoms with Crippen LogP contribution in [0.5, 0.6) is 0 Å². The van der Waals surface area contributed by atoms with Gasteiger partial charge in [-0.2, -0.15) is 0 Å². The van der Waals surface area contributed by atoms with E-state index in [2.05, 4.69) is 13.8 Å². The van der Waals surface area contributed by atoms with Gasteiger partial charge in [0, 0.05) is 31.4 Å². The third-order valence-electron chi connectivity index (χ3n) is 4.99. The Balaban J connectivity index is 2.13. The standard InChI is InChI=1S/C19H26F2N2O2/c1-4-13(5-2)12-22(6-3)18(24)17-7-8-23(19(17)25)16-10-14(20)9-15(21)11-16/h9-11,13,17H,4-8,12H2,1-3H3. The Hall–Kier alpha value is -1.98. The van der Waals surface area contributed by atoms with Crippen LogP contribution in [0.4, 0.5) is 14.5 Å². The highest BCUT2D eigenvalue weighted by Crippen LogP contribution is 2.28. The van der Waals surface area contributed by atoms with Crippen LogP contribution in [0.3, 0.4) is 0 Å². The lowest BCUT2D eigenvalue weighted by Gasteiger charge is -2.27. The van der Waals surface area contributed by atoms with Crippen molar-refractivity contribution in [1.82, 2.24) is 4.90 Å². The molecule has 0 spiro atoms. The second-order valence-electron chi connectivity index (χ2n) is 6.52. The van der Waals surface area contributed by atoms with Crippen LogP contribution in [-0.2, 0) is 9.59 Å². The average molecular weight is 352 g/mol. The van der Waals surface area contributed by atoms with Crippen LogP contribution in [0, 0.1) is 23.5 Å². The number of nitrogens with zero attached hydrogens (tertiary/aromatic N) is 2. The van der Waals surface area contributed by atoms with E-state index in [4.69, 9.17) is 0 Å². The van der Waals surface area contributed by atoms with Crippen molar-refractivity contribution in [2.45, 2.75) is 40.0 Å². The maximum atomic E-state index is 13.4. The molecule has 1 saturated heterocycles.